The fourth-order valence-corrected chi connectivity index (χ4v) is 3.41. The van der Waals surface area contributed by atoms with Crippen LogP contribution in [0.1, 0.15) is 29.5 Å². The molecule has 1 aliphatic rings. The maximum atomic E-state index is 12.7. The molecule has 1 N–H and O–H groups in total. The second-order valence-electron chi connectivity index (χ2n) is 6.50. The third kappa shape index (κ3) is 3.48. The largest absolute Gasteiger partial charge is 0.479 e. The van der Waals surface area contributed by atoms with E-state index in [1.165, 1.54) is 4.90 Å². The molecule has 0 radical (unpaired) electrons. The summed E-state index contributed by atoms with van der Waals surface area (Å²) in [5, 5.41) is 13.6. The number of aliphatic carboxylic acids is 1. The van der Waals surface area contributed by atoms with Gasteiger partial charge in [0.1, 0.15) is 5.69 Å². The molecule has 0 aliphatic carbocycles. The number of fused-ring (bicyclic) bond motifs is 1. The van der Waals surface area contributed by atoms with Crippen LogP contribution in [0.5, 0.6) is 0 Å². The first-order valence-corrected chi connectivity index (χ1v) is 8.97. The molecule has 28 heavy (non-hydrogen) atoms. The zero-order chi connectivity index (χ0) is 19.5. The molecule has 3 aromatic rings. The third-order valence-electron chi connectivity index (χ3n) is 4.75. The monoisotopic (exact) mass is 378 g/mol. The van der Waals surface area contributed by atoms with Gasteiger partial charge >= 0.3 is 5.97 Å². The number of aromatic nitrogens is 3. The Hall–Kier alpha value is -3.55. The highest BCUT2D eigenvalue weighted by Gasteiger charge is 2.35. The van der Waals surface area contributed by atoms with Crippen molar-refractivity contribution in [3.05, 3.63) is 65.7 Å². The molecule has 0 saturated carbocycles. The molecule has 0 fully saturated rings. The van der Waals surface area contributed by atoms with Crippen molar-refractivity contribution in [1.29, 1.82) is 0 Å². The van der Waals surface area contributed by atoms with Gasteiger partial charge < -0.3 is 14.5 Å². The highest BCUT2D eigenvalue weighted by Crippen LogP contribution is 2.30. The van der Waals surface area contributed by atoms with Gasteiger partial charge in [-0.25, -0.2) is 4.79 Å². The first kappa shape index (κ1) is 17.8. The van der Waals surface area contributed by atoms with E-state index in [1.807, 2.05) is 18.2 Å². The van der Waals surface area contributed by atoms with Crippen LogP contribution in [0.3, 0.4) is 0 Å². The van der Waals surface area contributed by atoms with Crippen LogP contribution >= 0.6 is 0 Å². The summed E-state index contributed by atoms with van der Waals surface area (Å²) < 4.78 is 5.20. The van der Waals surface area contributed by atoms with Crippen LogP contribution in [0.15, 0.2) is 53.2 Å². The lowest BCUT2D eigenvalue weighted by atomic mass is 9.92. The van der Waals surface area contributed by atoms with Crippen LogP contribution in [0.25, 0.3) is 11.5 Å². The Morgan fingerprint density at radius 1 is 1.18 bits per heavy atom. The van der Waals surface area contributed by atoms with Crippen molar-refractivity contribution < 1.29 is 19.2 Å². The topological polar surface area (TPSA) is 109 Å². The number of rotatable bonds is 5. The molecule has 1 aromatic carbocycles. The van der Waals surface area contributed by atoms with E-state index in [-0.39, 0.29) is 18.7 Å². The number of nitrogens with zero attached hydrogens (tertiary/aromatic N) is 4. The minimum Gasteiger partial charge on any atom is -0.479 e. The van der Waals surface area contributed by atoms with Crippen molar-refractivity contribution in [3.63, 3.8) is 0 Å². The molecule has 1 amide bonds. The Balaban J connectivity index is 1.45. The summed E-state index contributed by atoms with van der Waals surface area (Å²) in [4.78, 5) is 34.4. The second kappa shape index (κ2) is 7.59. The lowest BCUT2D eigenvalue weighted by Gasteiger charge is -2.34. The van der Waals surface area contributed by atoms with Crippen molar-refractivity contribution in [2.45, 2.75) is 25.3 Å². The standard InChI is InChI=1S/C20H18N4O4/c25-17(9-8-16-22-19(23-28-16)15-7-3-4-11-21-15)24-12-10-13-5-1-2-6-14(13)18(24)20(26)27/h1-7,11,18H,8-10,12H2,(H,26,27). The molecule has 4 rings (SSSR count). The van der Waals surface area contributed by atoms with Gasteiger partial charge in [0, 0.05) is 25.6 Å². The van der Waals surface area contributed by atoms with Gasteiger partial charge in [0.05, 0.1) is 0 Å². The number of benzene rings is 1. The Kier molecular flexibility index (Phi) is 4.84. The molecule has 0 saturated heterocycles. The van der Waals surface area contributed by atoms with Crippen LogP contribution in [0.4, 0.5) is 0 Å². The van der Waals surface area contributed by atoms with Gasteiger partial charge in [-0.2, -0.15) is 4.98 Å². The van der Waals surface area contributed by atoms with Gasteiger partial charge in [-0.3, -0.25) is 9.78 Å². The number of hydrogen-bond donors (Lipinski definition) is 1. The lowest BCUT2D eigenvalue weighted by Crippen LogP contribution is -2.43. The molecular formula is C20H18N4O4. The molecule has 1 atom stereocenters. The zero-order valence-corrected chi connectivity index (χ0v) is 15.0. The summed E-state index contributed by atoms with van der Waals surface area (Å²) in [7, 11) is 0. The Morgan fingerprint density at radius 3 is 2.79 bits per heavy atom. The maximum Gasteiger partial charge on any atom is 0.331 e. The summed E-state index contributed by atoms with van der Waals surface area (Å²) >= 11 is 0. The molecule has 8 heteroatoms. The van der Waals surface area contributed by atoms with Crippen molar-refractivity contribution >= 4 is 11.9 Å². The number of pyridine rings is 1. The van der Waals surface area contributed by atoms with Crippen LogP contribution in [0.2, 0.25) is 0 Å². The molecular weight excluding hydrogens is 360 g/mol. The van der Waals surface area contributed by atoms with E-state index < -0.39 is 12.0 Å². The van der Waals surface area contributed by atoms with Crippen molar-refractivity contribution in [2.24, 2.45) is 0 Å². The SMILES string of the molecule is O=C(O)C1c2ccccc2CCN1C(=O)CCc1nc(-c2ccccn2)no1. The van der Waals surface area contributed by atoms with Crippen LogP contribution in [-0.4, -0.2) is 43.6 Å². The number of carboxylic acids is 1. The summed E-state index contributed by atoms with van der Waals surface area (Å²) in [6, 6.07) is 11.8. The molecule has 1 unspecified atom stereocenters. The van der Waals surface area contributed by atoms with Crippen molar-refractivity contribution in [1.82, 2.24) is 20.0 Å². The number of carbonyl (C=O) groups excluding carboxylic acids is 1. The normalized spacial score (nSPS) is 15.9. The van der Waals surface area contributed by atoms with Crippen molar-refractivity contribution in [3.8, 4) is 11.5 Å². The highest BCUT2D eigenvalue weighted by atomic mass is 16.5. The van der Waals surface area contributed by atoms with E-state index in [2.05, 4.69) is 15.1 Å². The zero-order valence-electron chi connectivity index (χ0n) is 15.0. The molecule has 0 spiro atoms. The van der Waals surface area contributed by atoms with E-state index in [1.54, 1.807) is 30.5 Å². The highest BCUT2D eigenvalue weighted by molar-refractivity contribution is 5.85. The second-order valence-corrected chi connectivity index (χ2v) is 6.50. The fourth-order valence-electron chi connectivity index (χ4n) is 3.41. The van der Waals surface area contributed by atoms with Crippen molar-refractivity contribution in [2.75, 3.05) is 6.54 Å². The predicted molar refractivity (Wildman–Crippen MR) is 98.1 cm³/mol. The van der Waals surface area contributed by atoms with Gasteiger partial charge in [0.2, 0.25) is 17.6 Å². The molecule has 2 aromatic heterocycles. The number of amides is 1. The smallest absolute Gasteiger partial charge is 0.331 e. The van der Waals surface area contributed by atoms with E-state index in [0.717, 1.165) is 5.56 Å². The first-order chi connectivity index (χ1) is 13.6. The average molecular weight is 378 g/mol. The molecule has 1 aliphatic heterocycles. The van der Waals surface area contributed by atoms with Crippen LogP contribution in [0, 0.1) is 0 Å². The Morgan fingerprint density at radius 2 is 2.00 bits per heavy atom. The minimum absolute atomic E-state index is 0.0931. The van der Waals surface area contributed by atoms with Gasteiger partial charge in [0.15, 0.2) is 6.04 Å². The average Bonchev–Trinajstić information content (AvgIpc) is 3.20. The van der Waals surface area contributed by atoms with Crippen LogP contribution in [-0.2, 0) is 22.4 Å². The molecule has 0 bridgehead atoms. The van der Waals surface area contributed by atoms with Gasteiger partial charge in [-0.15, -0.1) is 0 Å². The van der Waals surface area contributed by atoms with E-state index in [0.29, 0.717) is 35.9 Å². The molecule has 3 heterocycles. The Bertz CT molecular complexity index is 1000. The summed E-state index contributed by atoms with van der Waals surface area (Å²) in [5.74, 6) is -0.605. The Labute approximate surface area is 160 Å². The summed E-state index contributed by atoms with van der Waals surface area (Å²) in [6.45, 7) is 0.371. The number of carboxylic acid groups (broad SMARTS) is 1. The van der Waals surface area contributed by atoms with E-state index >= 15 is 0 Å². The van der Waals surface area contributed by atoms with Gasteiger partial charge in [-0.1, -0.05) is 35.5 Å². The molecule has 8 nitrogen and oxygen atoms in total. The number of carbonyl (C=O) groups is 2. The predicted octanol–water partition coefficient (Wildman–Crippen LogP) is 2.27. The van der Waals surface area contributed by atoms with Gasteiger partial charge in [0.25, 0.3) is 0 Å². The quantitative estimate of drug-likeness (QED) is 0.725. The van der Waals surface area contributed by atoms with Crippen LogP contribution < -0.4 is 0 Å². The fraction of sp³-hybridized carbons (Fsp3) is 0.250. The third-order valence-corrected chi connectivity index (χ3v) is 4.75. The lowest BCUT2D eigenvalue weighted by molar-refractivity contribution is -0.151. The van der Waals surface area contributed by atoms with E-state index in [9.17, 15) is 14.7 Å². The summed E-state index contributed by atoms with van der Waals surface area (Å²) in [6.07, 6.45) is 2.60. The first-order valence-electron chi connectivity index (χ1n) is 8.97. The summed E-state index contributed by atoms with van der Waals surface area (Å²) in [5.41, 5.74) is 2.23. The number of aryl methyl sites for hydroxylation is 1. The van der Waals surface area contributed by atoms with E-state index in [4.69, 9.17) is 4.52 Å². The maximum absolute atomic E-state index is 12.7. The van der Waals surface area contributed by atoms with Gasteiger partial charge in [-0.05, 0) is 29.7 Å². The number of hydrogen-bond acceptors (Lipinski definition) is 6. The molecule has 142 valence electrons. The minimum atomic E-state index is -1.03.